The van der Waals surface area contributed by atoms with Crippen molar-refractivity contribution < 1.29 is 13.9 Å². The predicted molar refractivity (Wildman–Crippen MR) is 116 cm³/mol. The molecule has 0 aliphatic carbocycles. The number of anilines is 1. The van der Waals surface area contributed by atoms with Gasteiger partial charge in [0.05, 0.1) is 24.7 Å². The molecule has 10 heteroatoms. The molecule has 158 valence electrons. The van der Waals surface area contributed by atoms with Crippen molar-refractivity contribution in [3.05, 3.63) is 84.2 Å². The van der Waals surface area contributed by atoms with Gasteiger partial charge in [-0.1, -0.05) is 0 Å². The van der Waals surface area contributed by atoms with Crippen molar-refractivity contribution in [2.75, 3.05) is 12.4 Å². The average Bonchev–Trinajstić information content (AvgIpc) is 2.78. The lowest BCUT2D eigenvalue weighted by Gasteiger charge is -2.11. The number of rotatable bonds is 5. The Balaban J connectivity index is 1.86. The number of hydrogen-bond donors (Lipinski definition) is 4. The van der Waals surface area contributed by atoms with Crippen LogP contribution in [0.2, 0.25) is 0 Å². The Kier molecular flexibility index (Phi) is 6.74. The lowest BCUT2D eigenvalue weighted by atomic mass is 10.1. The molecule has 2 aromatic heterocycles. The van der Waals surface area contributed by atoms with E-state index in [1.165, 1.54) is 18.5 Å². The zero-order chi connectivity index (χ0) is 22.2. The first kappa shape index (κ1) is 21.2. The van der Waals surface area contributed by atoms with Gasteiger partial charge in [-0.25, -0.2) is 14.2 Å². The summed E-state index contributed by atoms with van der Waals surface area (Å²) in [6.07, 6.45) is 5.50. The monoisotopic (exact) mass is 421 g/mol. The van der Waals surface area contributed by atoms with Crippen LogP contribution in [0.3, 0.4) is 0 Å². The Hall–Kier alpha value is -4.47. The summed E-state index contributed by atoms with van der Waals surface area (Å²) in [5.74, 6) is -0.222. The van der Waals surface area contributed by atoms with Crippen LogP contribution in [0, 0.1) is 5.82 Å². The van der Waals surface area contributed by atoms with Crippen LogP contribution in [0.1, 0.15) is 11.1 Å². The minimum absolute atomic E-state index is 0.00760. The second kappa shape index (κ2) is 9.83. The molecule has 0 fully saturated rings. The van der Waals surface area contributed by atoms with Gasteiger partial charge in [0, 0.05) is 35.4 Å². The van der Waals surface area contributed by atoms with E-state index in [0.717, 1.165) is 6.20 Å². The molecule has 0 aliphatic heterocycles. The normalized spacial score (nSPS) is 12.0. The van der Waals surface area contributed by atoms with Gasteiger partial charge in [-0.3, -0.25) is 15.3 Å². The highest BCUT2D eigenvalue weighted by atomic mass is 19.1. The zero-order valence-corrected chi connectivity index (χ0v) is 16.5. The number of carbonyl (C=O) groups is 1. The maximum atomic E-state index is 14.2. The first-order chi connectivity index (χ1) is 15.0. The Morgan fingerprint density at radius 2 is 1.81 bits per heavy atom. The number of nitrogens with two attached hydrogens (primary N) is 2. The molecule has 1 aromatic carbocycles. The Labute approximate surface area is 177 Å². The Morgan fingerprint density at radius 1 is 1.06 bits per heavy atom. The predicted octanol–water partition coefficient (Wildman–Crippen LogP) is 2.55. The van der Waals surface area contributed by atoms with Crippen molar-refractivity contribution in [3.63, 3.8) is 0 Å². The van der Waals surface area contributed by atoms with Gasteiger partial charge < -0.3 is 21.5 Å². The lowest BCUT2D eigenvalue weighted by Crippen LogP contribution is -2.39. The summed E-state index contributed by atoms with van der Waals surface area (Å²) in [5.41, 5.74) is 13.3. The fourth-order valence-corrected chi connectivity index (χ4v) is 2.61. The molecule has 0 saturated heterocycles. The molecule has 0 atom stereocenters. The van der Waals surface area contributed by atoms with Crippen molar-refractivity contribution in [1.82, 2.24) is 15.3 Å². The minimum Gasteiger partial charge on any atom is -0.497 e. The van der Waals surface area contributed by atoms with Crippen LogP contribution in [0.4, 0.5) is 14.9 Å². The number of guanidine groups is 1. The number of pyridine rings is 2. The van der Waals surface area contributed by atoms with Gasteiger partial charge in [-0.05, 0) is 42.5 Å². The number of halogens is 1. The molecule has 3 rings (SSSR count). The van der Waals surface area contributed by atoms with E-state index in [2.05, 4.69) is 25.6 Å². The summed E-state index contributed by atoms with van der Waals surface area (Å²) >= 11 is 0. The van der Waals surface area contributed by atoms with Crippen LogP contribution >= 0.6 is 0 Å². The van der Waals surface area contributed by atoms with Gasteiger partial charge in [-0.2, -0.15) is 0 Å². The van der Waals surface area contributed by atoms with Crippen molar-refractivity contribution in [2.24, 2.45) is 16.5 Å². The SMILES string of the molecule is COc1ccc(NC(=O)N/C(N)=N/C(=C(\N)c2ccncc2F)c2cccnc2)cc1. The molecule has 0 spiro atoms. The van der Waals surface area contributed by atoms with Crippen LogP contribution in [0.15, 0.2) is 72.2 Å². The maximum absolute atomic E-state index is 14.2. The standard InChI is InChI=1S/C21H20FN7O2/c1-31-15-6-4-14(5-7-15)27-21(30)29-20(24)28-19(13-3-2-9-25-11-13)18(23)16-8-10-26-12-17(16)22/h2-12H,23H2,1H3,(H4,24,27,28,29,30)/b19-18-. The minimum atomic E-state index is -0.625. The van der Waals surface area contributed by atoms with E-state index in [1.54, 1.807) is 49.7 Å². The summed E-state index contributed by atoms with van der Waals surface area (Å²) in [5, 5.41) is 5.02. The van der Waals surface area contributed by atoms with Crippen LogP contribution in [0.5, 0.6) is 5.75 Å². The third kappa shape index (κ3) is 5.54. The van der Waals surface area contributed by atoms with E-state index in [0.29, 0.717) is 17.0 Å². The number of methoxy groups -OCH3 is 1. The molecular formula is C21H20FN7O2. The highest BCUT2D eigenvalue weighted by Gasteiger charge is 2.14. The van der Waals surface area contributed by atoms with Gasteiger partial charge in [0.15, 0.2) is 5.82 Å². The molecule has 9 nitrogen and oxygen atoms in total. The smallest absolute Gasteiger partial charge is 0.325 e. The number of carbonyl (C=O) groups excluding carboxylic acids is 1. The molecule has 0 bridgehead atoms. The summed E-state index contributed by atoms with van der Waals surface area (Å²) < 4.78 is 19.3. The van der Waals surface area contributed by atoms with Crippen molar-refractivity contribution >= 4 is 29.1 Å². The maximum Gasteiger partial charge on any atom is 0.325 e. The number of hydrogen-bond acceptors (Lipinski definition) is 6. The molecule has 31 heavy (non-hydrogen) atoms. The van der Waals surface area contributed by atoms with Crippen molar-refractivity contribution in [1.29, 1.82) is 0 Å². The highest BCUT2D eigenvalue weighted by molar-refractivity contribution is 6.04. The number of aromatic nitrogens is 2. The molecule has 0 radical (unpaired) electrons. The topological polar surface area (TPSA) is 141 Å². The van der Waals surface area contributed by atoms with Crippen LogP contribution in [-0.2, 0) is 0 Å². The number of benzene rings is 1. The van der Waals surface area contributed by atoms with Crippen molar-refractivity contribution in [3.8, 4) is 5.75 Å². The highest BCUT2D eigenvalue weighted by Crippen LogP contribution is 2.24. The first-order valence-corrected chi connectivity index (χ1v) is 9.04. The van der Waals surface area contributed by atoms with E-state index >= 15 is 0 Å². The van der Waals surface area contributed by atoms with E-state index in [4.69, 9.17) is 16.2 Å². The Bertz CT molecular complexity index is 1120. The number of nitrogens with one attached hydrogen (secondary N) is 2. The third-order valence-electron chi connectivity index (χ3n) is 4.07. The number of urea groups is 1. The summed E-state index contributed by atoms with van der Waals surface area (Å²) in [7, 11) is 1.54. The third-order valence-corrected chi connectivity index (χ3v) is 4.07. The van der Waals surface area contributed by atoms with E-state index in [9.17, 15) is 9.18 Å². The quantitative estimate of drug-likeness (QED) is 0.369. The number of aliphatic imine (C=N–C) groups is 1. The second-order valence-corrected chi connectivity index (χ2v) is 6.16. The fourth-order valence-electron chi connectivity index (χ4n) is 2.61. The molecule has 2 amide bonds. The summed E-state index contributed by atoms with van der Waals surface area (Å²) in [4.78, 5) is 24.2. The fraction of sp³-hybridized carbons (Fsp3) is 0.0476. The zero-order valence-electron chi connectivity index (χ0n) is 16.5. The molecule has 0 saturated carbocycles. The van der Waals surface area contributed by atoms with Gasteiger partial charge in [0.1, 0.15) is 5.75 Å². The van der Waals surface area contributed by atoms with Gasteiger partial charge in [0.2, 0.25) is 5.96 Å². The molecule has 2 heterocycles. The van der Waals surface area contributed by atoms with E-state index < -0.39 is 11.8 Å². The first-order valence-electron chi connectivity index (χ1n) is 9.04. The number of ether oxygens (including phenoxy) is 1. The second-order valence-electron chi connectivity index (χ2n) is 6.16. The van der Waals surface area contributed by atoms with E-state index in [-0.39, 0.29) is 22.9 Å². The van der Waals surface area contributed by atoms with Crippen LogP contribution < -0.4 is 26.8 Å². The van der Waals surface area contributed by atoms with Crippen LogP contribution in [0.25, 0.3) is 11.4 Å². The molecular weight excluding hydrogens is 401 g/mol. The molecule has 3 aromatic rings. The van der Waals surface area contributed by atoms with Crippen molar-refractivity contribution in [2.45, 2.75) is 0 Å². The average molecular weight is 421 g/mol. The van der Waals surface area contributed by atoms with Gasteiger partial charge >= 0.3 is 6.03 Å². The molecule has 0 unspecified atom stereocenters. The number of amides is 2. The summed E-state index contributed by atoms with van der Waals surface area (Å²) in [6, 6.07) is 10.9. The molecule has 0 aliphatic rings. The Morgan fingerprint density at radius 3 is 2.45 bits per heavy atom. The van der Waals surface area contributed by atoms with E-state index in [1.807, 2.05) is 0 Å². The summed E-state index contributed by atoms with van der Waals surface area (Å²) in [6.45, 7) is 0. The largest absolute Gasteiger partial charge is 0.497 e. The van der Waals surface area contributed by atoms with Gasteiger partial charge in [0.25, 0.3) is 0 Å². The number of nitrogens with zero attached hydrogens (tertiary/aromatic N) is 3. The van der Waals surface area contributed by atoms with Crippen LogP contribution in [-0.4, -0.2) is 29.1 Å². The lowest BCUT2D eigenvalue weighted by molar-refractivity contribution is 0.256. The van der Waals surface area contributed by atoms with Gasteiger partial charge in [-0.15, -0.1) is 0 Å². The molecule has 6 N–H and O–H groups in total.